The van der Waals surface area contributed by atoms with Crippen LogP contribution < -0.4 is 5.32 Å². The number of halogens is 3. The minimum absolute atomic E-state index is 0.0664. The van der Waals surface area contributed by atoms with Crippen LogP contribution in [0.1, 0.15) is 15.9 Å². The van der Waals surface area contributed by atoms with Crippen molar-refractivity contribution in [3.8, 4) is 0 Å². The van der Waals surface area contributed by atoms with Gasteiger partial charge in [0, 0.05) is 15.5 Å². The number of para-hydroxylation sites is 1. The second-order valence-corrected chi connectivity index (χ2v) is 5.96. The Bertz CT molecular complexity index is 656. The molecule has 0 amide bonds. The predicted molar refractivity (Wildman–Crippen MR) is 86.9 cm³/mol. The highest BCUT2D eigenvalue weighted by molar-refractivity contribution is 9.11. The summed E-state index contributed by atoms with van der Waals surface area (Å²) in [5.41, 5.74) is 1.54. The van der Waals surface area contributed by atoms with Gasteiger partial charge in [0.25, 0.3) is 0 Å². The van der Waals surface area contributed by atoms with Crippen molar-refractivity contribution >= 4 is 43.5 Å². The third kappa shape index (κ3) is 3.83. The molecule has 0 atom stereocenters. The number of hydrogen-bond donors (Lipinski definition) is 1. The van der Waals surface area contributed by atoms with E-state index in [-0.39, 0.29) is 5.56 Å². The maximum absolute atomic E-state index is 13.8. The Hall–Kier alpha value is -1.40. The molecule has 0 aliphatic carbocycles. The maximum Gasteiger partial charge on any atom is 0.340 e. The van der Waals surface area contributed by atoms with Crippen molar-refractivity contribution in [1.82, 2.24) is 0 Å². The molecule has 6 heteroatoms. The summed E-state index contributed by atoms with van der Waals surface area (Å²) < 4.78 is 20.1. The van der Waals surface area contributed by atoms with Gasteiger partial charge < -0.3 is 10.1 Å². The van der Waals surface area contributed by atoms with Crippen LogP contribution in [0.15, 0.2) is 45.3 Å². The Morgan fingerprint density at radius 3 is 2.48 bits per heavy atom. The van der Waals surface area contributed by atoms with Gasteiger partial charge in [-0.05, 0) is 61.7 Å². The van der Waals surface area contributed by atoms with Crippen molar-refractivity contribution in [1.29, 1.82) is 0 Å². The molecule has 0 saturated heterocycles. The van der Waals surface area contributed by atoms with E-state index in [0.717, 1.165) is 20.2 Å². The number of benzene rings is 2. The number of carbonyl (C=O) groups excluding carboxylic acids is 1. The Labute approximate surface area is 138 Å². The van der Waals surface area contributed by atoms with Crippen LogP contribution in [0.3, 0.4) is 0 Å². The third-order valence-corrected chi connectivity index (χ3v) is 4.19. The summed E-state index contributed by atoms with van der Waals surface area (Å²) in [7, 11) is 1.22. The first-order valence-corrected chi connectivity index (χ1v) is 7.66. The molecule has 0 fully saturated rings. The molecule has 0 saturated carbocycles. The van der Waals surface area contributed by atoms with E-state index in [1.54, 1.807) is 6.07 Å². The lowest BCUT2D eigenvalue weighted by Crippen LogP contribution is -2.06. The number of nitrogens with one attached hydrogen (secondary N) is 1. The number of anilines is 1. The normalized spacial score (nSPS) is 10.3. The number of rotatable bonds is 4. The zero-order valence-corrected chi connectivity index (χ0v) is 14.3. The Kier molecular flexibility index (Phi) is 5.36. The molecule has 3 nitrogen and oxygen atoms in total. The molecule has 0 unspecified atom stereocenters. The largest absolute Gasteiger partial charge is 0.465 e. The standard InChI is InChI=1S/C15H12Br2FNO2/c1-21-15(20)10-6-5-9(7-13(10)18)8-19-14-11(16)3-2-4-12(14)17/h2-7,19H,8H2,1H3. The predicted octanol–water partition coefficient (Wildman–Crippen LogP) is 4.75. The molecule has 2 aromatic carbocycles. The van der Waals surface area contributed by atoms with Crippen LogP contribution in [0.4, 0.5) is 10.1 Å². The minimum atomic E-state index is -0.680. The highest BCUT2D eigenvalue weighted by atomic mass is 79.9. The van der Waals surface area contributed by atoms with E-state index >= 15 is 0 Å². The van der Waals surface area contributed by atoms with Crippen molar-refractivity contribution < 1.29 is 13.9 Å². The van der Waals surface area contributed by atoms with Crippen molar-refractivity contribution in [2.45, 2.75) is 6.54 Å². The van der Waals surface area contributed by atoms with Gasteiger partial charge in [0.1, 0.15) is 5.82 Å². The molecule has 0 aromatic heterocycles. The fourth-order valence-electron chi connectivity index (χ4n) is 1.80. The van der Waals surface area contributed by atoms with Gasteiger partial charge in [0.05, 0.1) is 18.4 Å². The number of ether oxygens (including phenoxy) is 1. The second-order valence-electron chi connectivity index (χ2n) is 4.26. The van der Waals surface area contributed by atoms with Crippen molar-refractivity contribution in [3.63, 3.8) is 0 Å². The van der Waals surface area contributed by atoms with Crippen LogP contribution in [-0.4, -0.2) is 13.1 Å². The van der Waals surface area contributed by atoms with Crippen LogP contribution in [0.2, 0.25) is 0 Å². The van der Waals surface area contributed by atoms with Gasteiger partial charge >= 0.3 is 5.97 Å². The lowest BCUT2D eigenvalue weighted by molar-refractivity contribution is 0.0595. The summed E-state index contributed by atoms with van der Waals surface area (Å²) in [5.74, 6) is -1.27. The van der Waals surface area contributed by atoms with Gasteiger partial charge in [-0.1, -0.05) is 12.1 Å². The fraction of sp³-hybridized carbons (Fsp3) is 0.133. The average molecular weight is 417 g/mol. The molecular weight excluding hydrogens is 405 g/mol. The summed E-state index contributed by atoms with van der Waals surface area (Å²) in [6.07, 6.45) is 0. The van der Waals surface area contributed by atoms with E-state index in [4.69, 9.17) is 0 Å². The van der Waals surface area contributed by atoms with Crippen LogP contribution in [0.5, 0.6) is 0 Å². The summed E-state index contributed by atoms with van der Waals surface area (Å²) in [5, 5.41) is 3.21. The lowest BCUT2D eigenvalue weighted by Gasteiger charge is -2.11. The van der Waals surface area contributed by atoms with Crippen molar-refractivity contribution in [3.05, 3.63) is 62.3 Å². The first-order valence-electron chi connectivity index (χ1n) is 6.07. The summed E-state index contributed by atoms with van der Waals surface area (Å²) in [6, 6.07) is 10.2. The number of methoxy groups -OCH3 is 1. The zero-order chi connectivity index (χ0) is 15.4. The molecule has 0 radical (unpaired) electrons. The smallest absolute Gasteiger partial charge is 0.340 e. The van der Waals surface area contributed by atoms with E-state index in [0.29, 0.717) is 6.54 Å². The molecule has 1 N–H and O–H groups in total. The zero-order valence-electron chi connectivity index (χ0n) is 11.1. The Morgan fingerprint density at radius 2 is 1.90 bits per heavy atom. The molecular formula is C15H12Br2FNO2. The summed E-state index contributed by atoms with van der Waals surface area (Å²) in [6.45, 7) is 0.430. The molecule has 0 bridgehead atoms. The van der Waals surface area contributed by atoms with Crippen molar-refractivity contribution in [2.75, 3.05) is 12.4 Å². The van der Waals surface area contributed by atoms with Gasteiger partial charge in [0.15, 0.2) is 0 Å². The number of carbonyl (C=O) groups is 1. The number of esters is 1. The average Bonchev–Trinajstić information content (AvgIpc) is 2.46. The third-order valence-electron chi connectivity index (χ3n) is 2.87. The van der Waals surface area contributed by atoms with Gasteiger partial charge in [0.2, 0.25) is 0 Å². The van der Waals surface area contributed by atoms with E-state index in [1.165, 1.54) is 19.2 Å². The SMILES string of the molecule is COC(=O)c1ccc(CNc2c(Br)cccc2Br)cc1F. The molecule has 0 spiro atoms. The highest BCUT2D eigenvalue weighted by Crippen LogP contribution is 2.30. The molecule has 2 aromatic rings. The topological polar surface area (TPSA) is 38.3 Å². The van der Waals surface area contributed by atoms with Gasteiger partial charge in [-0.15, -0.1) is 0 Å². The Balaban J connectivity index is 2.14. The summed E-state index contributed by atoms with van der Waals surface area (Å²) >= 11 is 6.89. The second kappa shape index (κ2) is 7.04. The van der Waals surface area contributed by atoms with E-state index in [9.17, 15) is 9.18 Å². The van der Waals surface area contributed by atoms with Crippen LogP contribution in [0, 0.1) is 5.82 Å². The minimum Gasteiger partial charge on any atom is -0.465 e. The Morgan fingerprint density at radius 1 is 1.24 bits per heavy atom. The monoisotopic (exact) mass is 415 g/mol. The molecule has 0 heterocycles. The van der Waals surface area contributed by atoms with E-state index < -0.39 is 11.8 Å². The van der Waals surface area contributed by atoms with E-state index in [1.807, 2.05) is 18.2 Å². The van der Waals surface area contributed by atoms with Crippen LogP contribution >= 0.6 is 31.9 Å². The first-order chi connectivity index (χ1) is 10.0. The maximum atomic E-state index is 13.8. The van der Waals surface area contributed by atoms with Crippen molar-refractivity contribution in [2.24, 2.45) is 0 Å². The van der Waals surface area contributed by atoms with Crippen LogP contribution in [-0.2, 0) is 11.3 Å². The molecule has 110 valence electrons. The first kappa shape index (κ1) is 16.0. The fourth-order valence-corrected chi connectivity index (χ4v) is 3.08. The highest BCUT2D eigenvalue weighted by Gasteiger charge is 2.12. The quantitative estimate of drug-likeness (QED) is 0.731. The summed E-state index contributed by atoms with van der Waals surface area (Å²) in [4.78, 5) is 11.3. The molecule has 0 aliphatic heterocycles. The molecule has 2 rings (SSSR count). The number of hydrogen-bond acceptors (Lipinski definition) is 3. The van der Waals surface area contributed by atoms with Crippen LogP contribution in [0.25, 0.3) is 0 Å². The lowest BCUT2D eigenvalue weighted by atomic mass is 10.1. The van der Waals surface area contributed by atoms with Gasteiger partial charge in [-0.2, -0.15) is 0 Å². The molecule has 0 aliphatic rings. The molecule has 21 heavy (non-hydrogen) atoms. The van der Waals surface area contributed by atoms with Gasteiger partial charge in [-0.25, -0.2) is 9.18 Å². The van der Waals surface area contributed by atoms with E-state index in [2.05, 4.69) is 41.9 Å². The van der Waals surface area contributed by atoms with Gasteiger partial charge in [-0.3, -0.25) is 0 Å².